The molecule has 4 rings (SSSR count). The summed E-state index contributed by atoms with van der Waals surface area (Å²) >= 11 is 5.96. The number of rotatable bonds is 3. The van der Waals surface area contributed by atoms with Crippen LogP contribution in [-0.2, 0) is 4.74 Å². The molecule has 2 aromatic carbocycles. The third kappa shape index (κ3) is 2.85. The first kappa shape index (κ1) is 14.4. The molecule has 1 aliphatic heterocycles. The van der Waals surface area contributed by atoms with Gasteiger partial charge in [0.1, 0.15) is 0 Å². The van der Waals surface area contributed by atoms with Gasteiger partial charge < -0.3 is 14.2 Å². The molecule has 1 aromatic heterocycles. The molecule has 3 nitrogen and oxygen atoms in total. The molecule has 1 atom stereocenters. The van der Waals surface area contributed by atoms with Gasteiger partial charge in [-0.1, -0.05) is 29.8 Å². The molecule has 0 amide bonds. The van der Waals surface area contributed by atoms with Crippen molar-refractivity contribution < 1.29 is 4.74 Å². The number of hydrogen-bond acceptors (Lipinski definition) is 2. The van der Waals surface area contributed by atoms with E-state index in [4.69, 9.17) is 16.3 Å². The van der Waals surface area contributed by atoms with Gasteiger partial charge in [-0.2, -0.15) is 0 Å². The lowest BCUT2D eigenvalue weighted by atomic mass is 10.2. The van der Waals surface area contributed by atoms with E-state index in [-0.39, 0.29) is 6.23 Å². The normalized spacial score (nSPS) is 17.6. The van der Waals surface area contributed by atoms with Gasteiger partial charge in [-0.3, -0.25) is 0 Å². The van der Waals surface area contributed by atoms with Gasteiger partial charge in [0, 0.05) is 40.9 Å². The van der Waals surface area contributed by atoms with E-state index in [2.05, 4.69) is 52.2 Å². The molecule has 2 heterocycles. The van der Waals surface area contributed by atoms with Gasteiger partial charge >= 0.3 is 0 Å². The Hall–Kier alpha value is -2.23. The van der Waals surface area contributed by atoms with Crippen LogP contribution in [0, 0.1) is 0 Å². The molecule has 0 bridgehead atoms. The number of hydrogen-bond donors (Lipinski definition) is 0. The Morgan fingerprint density at radius 3 is 2.48 bits per heavy atom. The fourth-order valence-electron chi connectivity index (χ4n) is 2.96. The molecular formula is C19H17ClN2O. The van der Waals surface area contributed by atoms with Gasteiger partial charge in [0.05, 0.1) is 6.61 Å². The molecule has 1 fully saturated rings. The van der Waals surface area contributed by atoms with E-state index in [1.165, 1.54) is 5.69 Å². The molecule has 4 heteroatoms. The van der Waals surface area contributed by atoms with Crippen LogP contribution >= 0.6 is 11.6 Å². The molecule has 0 saturated carbocycles. The fourth-order valence-corrected chi connectivity index (χ4v) is 3.09. The summed E-state index contributed by atoms with van der Waals surface area (Å²) in [4.78, 5) is 2.29. The number of ether oxygens (including phenoxy) is 1. The van der Waals surface area contributed by atoms with E-state index in [0.29, 0.717) is 0 Å². The third-order valence-electron chi connectivity index (χ3n) is 4.10. The van der Waals surface area contributed by atoms with Crippen molar-refractivity contribution >= 4 is 17.3 Å². The Morgan fingerprint density at radius 1 is 0.913 bits per heavy atom. The molecule has 0 radical (unpaired) electrons. The Kier molecular flexibility index (Phi) is 3.82. The lowest BCUT2D eigenvalue weighted by Gasteiger charge is -2.24. The van der Waals surface area contributed by atoms with Crippen LogP contribution in [-0.4, -0.2) is 17.7 Å². The number of nitrogens with zero attached hydrogens (tertiary/aromatic N) is 2. The van der Waals surface area contributed by atoms with Crippen LogP contribution in [0.3, 0.4) is 0 Å². The standard InChI is InChI=1S/C19H17ClN2O/c20-16-6-8-17(9-7-16)21-11-10-15(14-21)19-22(12-13-23-19)18-4-2-1-3-5-18/h1-11,14,19H,12-13H2. The quantitative estimate of drug-likeness (QED) is 0.696. The van der Waals surface area contributed by atoms with Gasteiger partial charge in [0.15, 0.2) is 6.23 Å². The summed E-state index contributed by atoms with van der Waals surface area (Å²) < 4.78 is 8.06. The summed E-state index contributed by atoms with van der Waals surface area (Å²) in [6, 6.07) is 20.3. The first-order chi connectivity index (χ1) is 11.3. The largest absolute Gasteiger partial charge is 0.352 e. The van der Waals surface area contributed by atoms with Crippen LogP contribution in [0.15, 0.2) is 73.1 Å². The first-order valence-electron chi connectivity index (χ1n) is 7.68. The zero-order valence-electron chi connectivity index (χ0n) is 12.6. The van der Waals surface area contributed by atoms with E-state index >= 15 is 0 Å². The lowest BCUT2D eigenvalue weighted by molar-refractivity contribution is 0.114. The van der Waals surface area contributed by atoms with Crippen LogP contribution < -0.4 is 4.90 Å². The molecule has 23 heavy (non-hydrogen) atoms. The highest BCUT2D eigenvalue weighted by Gasteiger charge is 2.27. The van der Waals surface area contributed by atoms with Crippen molar-refractivity contribution in [1.82, 2.24) is 4.57 Å². The number of halogens is 1. The van der Waals surface area contributed by atoms with Crippen LogP contribution in [0.1, 0.15) is 11.8 Å². The minimum absolute atomic E-state index is 0.0362. The minimum Gasteiger partial charge on any atom is -0.352 e. The Morgan fingerprint density at radius 2 is 1.70 bits per heavy atom. The zero-order valence-corrected chi connectivity index (χ0v) is 13.4. The number of anilines is 1. The van der Waals surface area contributed by atoms with Crippen molar-refractivity contribution in [2.45, 2.75) is 6.23 Å². The molecule has 116 valence electrons. The van der Waals surface area contributed by atoms with Crippen LogP contribution in [0.5, 0.6) is 0 Å². The summed E-state index contributed by atoms with van der Waals surface area (Å²) in [5.74, 6) is 0. The molecule has 0 spiro atoms. The monoisotopic (exact) mass is 324 g/mol. The van der Waals surface area contributed by atoms with Crippen molar-refractivity contribution in [3.63, 3.8) is 0 Å². The average Bonchev–Trinajstić information content (AvgIpc) is 3.25. The maximum Gasteiger partial charge on any atom is 0.158 e. The van der Waals surface area contributed by atoms with Gasteiger partial charge in [-0.05, 0) is 42.5 Å². The molecule has 1 saturated heterocycles. The van der Waals surface area contributed by atoms with E-state index in [9.17, 15) is 0 Å². The maximum absolute atomic E-state index is 5.97. The smallest absolute Gasteiger partial charge is 0.158 e. The molecular weight excluding hydrogens is 308 g/mol. The second-order valence-corrected chi connectivity index (χ2v) is 6.02. The molecule has 1 aliphatic rings. The second-order valence-electron chi connectivity index (χ2n) is 5.58. The highest BCUT2D eigenvalue weighted by molar-refractivity contribution is 6.30. The van der Waals surface area contributed by atoms with Gasteiger partial charge in [0.25, 0.3) is 0 Å². The highest BCUT2D eigenvalue weighted by atomic mass is 35.5. The lowest BCUT2D eigenvalue weighted by Crippen LogP contribution is -2.22. The predicted molar refractivity (Wildman–Crippen MR) is 93.3 cm³/mol. The highest BCUT2D eigenvalue weighted by Crippen LogP contribution is 2.32. The maximum atomic E-state index is 5.97. The number of para-hydroxylation sites is 1. The average molecular weight is 325 g/mol. The molecule has 0 N–H and O–H groups in total. The summed E-state index contributed by atoms with van der Waals surface area (Å²) in [7, 11) is 0. The van der Waals surface area contributed by atoms with Gasteiger partial charge in [-0.25, -0.2) is 0 Å². The van der Waals surface area contributed by atoms with E-state index in [0.717, 1.165) is 29.4 Å². The van der Waals surface area contributed by atoms with Crippen molar-refractivity contribution in [2.24, 2.45) is 0 Å². The zero-order chi connectivity index (χ0) is 15.6. The Labute approximate surface area is 140 Å². The summed E-state index contributed by atoms with van der Waals surface area (Å²) in [5.41, 5.74) is 3.43. The van der Waals surface area contributed by atoms with Gasteiger partial charge in [-0.15, -0.1) is 0 Å². The van der Waals surface area contributed by atoms with Crippen molar-refractivity contribution in [1.29, 1.82) is 0 Å². The SMILES string of the molecule is Clc1ccc(-n2ccc(C3OCCN3c3ccccc3)c2)cc1. The first-order valence-corrected chi connectivity index (χ1v) is 8.06. The van der Waals surface area contributed by atoms with E-state index in [1.54, 1.807) is 0 Å². The molecule has 3 aromatic rings. The molecule has 1 unspecified atom stereocenters. The van der Waals surface area contributed by atoms with Gasteiger partial charge in [0.2, 0.25) is 0 Å². The Balaban J connectivity index is 1.62. The van der Waals surface area contributed by atoms with Crippen molar-refractivity contribution in [3.05, 3.63) is 83.6 Å². The topological polar surface area (TPSA) is 17.4 Å². The van der Waals surface area contributed by atoms with Crippen LogP contribution in [0.25, 0.3) is 5.69 Å². The number of benzene rings is 2. The molecule has 0 aliphatic carbocycles. The summed E-state index contributed by atoms with van der Waals surface area (Å²) in [6.07, 6.45) is 4.14. The minimum atomic E-state index is -0.0362. The van der Waals surface area contributed by atoms with Crippen molar-refractivity contribution in [2.75, 3.05) is 18.1 Å². The van der Waals surface area contributed by atoms with Crippen LogP contribution in [0.4, 0.5) is 5.69 Å². The number of aromatic nitrogens is 1. The second kappa shape index (κ2) is 6.11. The third-order valence-corrected chi connectivity index (χ3v) is 4.36. The van der Waals surface area contributed by atoms with Crippen molar-refractivity contribution in [3.8, 4) is 5.69 Å². The van der Waals surface area contributed by atoms with E-state index < -0.39 is 0 Å². The van der Waals surface area contributed by atoms with Crippen LogP contribution in [0.2, 0.25) is 5.02 Å². The fraction of sp³-hybridized carbons (Fsp3) is 0.158. The van der Waals surface area contributed by atoms with E-state index in [1.807, 2.05) is 30.3 Å². The summed E-state index contributed by atoms with van der Waals surface area (Å²) in [5, 5.41) is 0.746. The Bertz CT molecular complexity index is 783. The predicted octanol–water partition coefficient (Wildman–Crippen LogP) is 4.67. The summed E-state index contributed by atoms with van der Waals surface area (Å²) in [6.45, 7) is 1.65.